The molecule has 1 aromatic carbocycles. The first-order valence-corrected chi connectivity index (χ1v) is 6.64. The van der Waals surface area contributed by atoms with Crippen LogP contribution in [0.15, 0.2) is 30.3 Å². The van der Waals surface area contributed by atoms with Gasteiger partial charge in [-0.15, -0.1) is 0 Å². The number of hydrogen-bond donors (Lipinski definition) is 1. The van der Waals surface area contributed by atoms with E-state index in [2.05, 4.69) is 20.7 Å². The molecule has 1 atom stereocenters. The van der Waals surface area contributed by atoms with Crippen molar-refractivity contribution in [1.29, 1.82) is 0 Å². The van der Waals surface area contributed by atoms with Gasteiger partial charge in [0, 0.05) is 0 Å². The fraction of sp³-hybridized carbons (Fsp3) is 0.385. The van der Waals surface area contributed by atoms with E-state index in [-0.39, 0.29) is 6.61 Å². The first kappa shape index (κ1) is 17.4. The van der Waals surface area contributed by atoms with E-state index >= 15 is 0 Å². The molecule has 0 bridgehead atoms. The van der Waals surface area contributed by atoms with Crippen LogP contribution in [0.4, 0.5) is 13.6 Å². The molecule has 0 saturated carbocycles. The number of nitrogens with one attached hydrogen (secondary N) is 1. The fourth-order valence-corrected chi connectivity index (χ4v) is 1.67. The normalized spacial score (nSPS) is 14.0. The molecule has 5 nitrogen and oxygen atoms in total. The summed E-state index contributed by atoms with van der Waals surface area (Å²) in [7, 11) is 0.941. The minimum Gasteiger partial charge on any atom is -0.467 e. The van der Waals surface area contributed by atoms with Gasteiger partial charge in [0.1, 0.15) is 6.61 Å². The number of carbonyl (C=O) groups is 2. The van der Waals surface area contributed by atoms with Crippen LogP contribution in [0.25, 0.3) is 0 Å². The van der Waals surface area contributed by atoms with E-state index < -0.39 is 22.4 Å². The molecule has 0 spiro atoms. The Kier molecular flexibility index (Phi) is 5.65. The summed E-state index contributed by atoms with van der Waals surface area (Å²) in [4.78, 5) is 19.4. The van der Waals surface area contributed by atoms with Crippen LogP contribution < -0.4 is 5.32 Å². The standard InChI is InChI=1S/C13H14BrF2NO4/c1-12(10(18)20-2,13(14,15)16)17-11(19)21-8-9-6-4-3-5-7-9/h3-7H,8H2,1-2H3,(H,17,19). The van der Waals surface area contributed by atoms with Gasteiger partial charge in [0.15, 0.2) is 0 Å². The lowest BCUT2D eigenvalue weighted by Gasteiger charge is -2.31. The van der Waals surface area contributed by atoms with Crippen molar-refractivity contribution >= 4 is 28.0 Å². The molecule has 0 aliphatic rings. The first-order chi connectivity index (χ1) is 9.70. The van der Waals surface area contributed by atoms with Crippen molar-refractivity contribution in [3.63, 3.8) is 0 Å². The third-order valence-corrected chi connectivity index (χ3v) is 3.52. The average molecular weight is 366 g/mol. The maximum Gasteiger partial charge on any atom is 0.408 e. The quantitative estimate of drug-likeness (QED) is 0.643. The molecule has 0 aliphatic carbocycles. The zero-order valence-electron chi connectivity index (χ0n) is 11.4. The number of alkyl halides is 3. The topological polar surface area (TPSA) is 64.6 Å². The summed E-state index contributed by atoms with van der Waals surface area (Å²) in [5.41, 5.74) is -1.91. The van der Waals surface area contributed by atoms with E-state index in [4.69, 9.17) is 4.74 Å². The average Bonchev–Trinajstić information content (AvgIpc) is 2.44. The van der Waals surface area contributed by atoms with E-state index in [9.17, 15) is 18.4 Å². The van der Waals surface area contributed by atoms with Gasteiger partial charge in [-0.1, -0.05) is 30.3 Å². The van der Waals surface area contributed by atoms with Crippen LogP contribution in [-0.4, -0.2) is 29.5 Å². The Morgan fingerprint density at radius 1 is 1.29 bits per heavy atom. The maximum absolute atomic E-state index is 13.5. The van der Waals surface area contributed by atoms with Crippen LogP contribution in [-0.2, 0) is 20.9 Å². The van der Waals surface area contributed by atoms with Crippen molar-refractivity contribution in [2.24, 2.45) is 0 Å². The molecule has 1 aromatic rings. The van der Waals surface area contributed by atoms with Crippen molar-refractivity contribution in [3.8, 4) is 0 Å². The van der Waals surface area contributed by atoms with Gasteiger partial charge in [0.25, 0.3) is 0 Å². The third-order valence-electron chi connectivity index (χ3n) is 2.73. The second-order valence-corrected chi connectivity index (χ2v) is 5.30. The number of halogens is 3. The number of ether oxygens (including phenoxy) is 2. The van der Waals surface area contributed by atoms with E-state index in [1.54, 1.807) is 30.3 Å². The number of esters is 1. The summed E-state index contributed by atoms with van der Waals surface area (Å²) in [6.07, 6.45) is -1.16. The Hall–Kier alpha value is -1.70. The van der Waals surface area contributed by atoms with Crippen LogP contribution >= 0.6 is 15.9 Å². The zero-order valence-corrected chi connectivity index (χ0v) is 12.9. The summed E-state index contributed by atoms with van der Waals surface area (Å²) in [6, 6.07) is 8.66. The van der Waals surface area contributed by atoms with Crippen molar-refractivity contribution in [3.05, 3.63) is 35.9 Å². The van der Waals surface area contributed by atoms with Gasteiger partial charge in [-0.25, -0.2) is 9.59 Å². The molecule has 0 heterocycles. The van der Waals surface area contributed by atoms with Crippen molar-refractivity contribution in [2.75, 3.05) is 7.11 Å². The molecule has 0 radical (unpaired) electrons. The maximum atomic E-state index is 13.5. The Labute approximate surface area is 128 Å². The predicted octanol–water partition coefficient (Wildman–Crippen LogP) is 2.83. The largest absolute Gasteiger partial charge is 0.467 e. The van der Waals surface area contributed by atoms with Gasteiger partial charge in [-0.2, -0.15) is 8.78 Å². The van der Waals surface area contributed by atoms with E-state index in [0.717, 1.165) is 14.0 Å². The number of methoxy groups -OCH3 is 1. The molecular formula is C13H14BrF2NO4. The molecule has 1 unspecified atom stereocenters. The summed E-state index contributed by atoms with van der Waals surface area (Å²) in [6.45, 7) is 0.717. The number of amides is 1. The number of alkyl carbamates (subject to hydrolysis) is 1. The highest BCUT2D eigenvalue weighted by molar-refractivity contribution is 9.10. The summed E-state index contributed by atoms with van der Waals surface area (Å²) < 4.78 is 36.0. The van der Waals surface area contributed by atoms with Gasteiger partial charge in [-0.05, 0) is 28.4 Å². The number of rotatable bonds is 5. The van der Waals surface area contributed by atoms with Crippen molar-refractivity contribution < 1.29 is 27.8 Å². The van der Waals surface area contributed by atoms with Gasteiger partial charge < -0.3 is 9.47 Å². The Morgan fingerprint density at radius 2 is 1.86 bits per heavy atom. The molecule has 1 N–H and O–H groups in total. The van der Waals surface area contributed by atoms with Crippen LogP contribution in [0.5, 0.6) is 0 Å². The highest BCUT2D eigenvalue weighted by atomic mass is 79.9. The lowest BCUT2D eigenvalue weighted by Crippen LogP contribution is -2.61. The summed E-state index contributed by atoms with van der Waals surface area (Å²) in [5.74, 6) is -1.30. The smallest absolute Gasteiger partial charge is 0.408 e. The Balaban J connectivity index is 2.72. The predicted molar refractivity (Wildman–Crippen MR) is 74.1 cm³/mol. The highest BCUT2D eigenvalue weighted by Crippen LogP contribution is 2.35. The number of carbonyl (C=O) groups excluding carboxylic acids is 2. The molecule has 0 saturated heterocycles. The van der Waals surface area contributed by atoms with E-state index in [0.29, 0.717) is 5.56 Å². The molecular weight excluding hydrogens is 352 g/mol. The monoisotopic (exact) mass is 365 g/mol. The van der Waals surface area contributed by atoms with Crippen LogP contribution in [0.1, 0.15) is 12.5 Å². The molecule has 1 amide bonds. The Bertz CT molecular complexity index is 507. The van der Waals surface area contributed by atoms with Crippen LogP contribution in [0.3, 0.4) is 0 Å². The van der Waals surface area contributed by atoms with Crippen LogP contribution in [0.2, 0.25) is 0 Å². The SMILES string of the molecule is COC(=O)C(C)(NC(=O)OCc1ccccc1)C(F)(F)Br. The molecule has 0 aromatic heterocycles. The van der Waals surface area contributed by atoms with Gasteiger partial charge in [0.05, 0.1) is 7.11 Å². The second-order valence-electron chi connectivity index (χ2n) is 4.30. The van der Waals surface area contributed by atoms with Crippen molar-refractivity contribution in [2.45, 2.75) is 23.9 Å². The first-order valence-electron chi connectivity index (χ1n) is 5.84. The zero-order chi connectivity index (χ0) is 16.1. The molecule has 1 rings (SSSR count). The molecule has 0 fully saturated rings. The lowest BCUT2D eigenvalue weighted by atomic mass is 10.0. The van der Waals surface area contributed by atoms with Crippen molar-refractivity contribution in [1.82, 2.24) is 5.32 Å². The minimum atomic E-state index is -3.71. The lowest BCUT2D eigenvalue weighted by molar-refractivity contribution is -0.156. The summed E-state index contributed by atoms with van der Waals surface area (Å²) >= 11 is 2.06. The van der Waals surface area contributed by atoms with E-state index in [1.165, 1.54) is 0 Å². The highest BCUT2D eigenvalue weighted by Gasteiger charge is 2.56. The molecule has 21 heavy (non-hydrogen) atoms. The molecule has 116 valence electrons. The fourth-order valence-electron chi connectivity index (χ4n) is 1.41. The van der Waals surface area contributed by atoms with E-state index in [1.807, 2.05) is 5.32 Å². The van der Waals surface area contributed by atoms with Gasteiger partial charge >= 0.3 is 16.9 Å². The minimum absolute atomic E-state index is 0.113. The molecule has 8 heteroatoms. The second kappa shape index (κ2) is 6.84. The number of hydrogen-bond acceptors (Lipinski definition) is 4. The van der Waals surface area contributed by atoms with Crippen LogP contribution in [0, 0.1) is 0 Å². The summed E-state index contributed by atoms with van der Waals surface area (Å²) in [5, 5.41) is 1.82. The Morgan fingerprint density at radius 3 is 2.33 bits per heavy atom. The van der Waals surface area contributed by atoms with Gasteiger partial charge in [0.2, 0.25) is 5.54 Å². The van der Waals surface area contributed by atoms with Gasteiger partial charge in [-0.3, -0.25) is 5.32 Å². The third kappa shape index (κ3) is 4.38. The number of benzene rings is 1. The molecule has 0 aliphatic heterocycles.